The Kier molecular flexibility index (Phi) is 7.07. The van der Waals surface area contributed by atoms with Crippen LogP contribution in [0.25, 0.3) is 0 Å². The molecule has 1 amide bonds. The second-order valence-corrected chi connectivity index (χ2v) is 12.2. The summed E-state index contributed by atoms with van der Waals surface area (Å²) < 4.78 is 55.4. The van der Waals surface area contributed by atoms with Crippen molar-refractivity contribution < 1.29 is 31.2 Å². The highest BCUT2D eigenvalue weighted by Crippen LogP contribution is 2.25. The second-order valence-electron chi connectivity index (χ2n) is 8.08. The van der Waals surface area contributed by atoms with Crippen molar-refractivity contribution >= 4 is 31.7 Å². The van der Waals surface area contributed by atoms with E-state index in [1.807, 2.05) is 0 Å². The molecule has 2 fully saturated rings. The zero-order valence-corrected chi connectivity index (χ0v) is 19.3. The van der Waals surface area contributed by atoms with Gasteiger partial charge in [0.05, 0.1) is 22.3 Å². The zero-order valence-electron chi connectivity index (χ0n) is 17.6. The zero-order chi connectivity index (χ0) is 22.8. The van der Waals surface area contributed by atoms with E-state index in [4.69, 9.17) is 4.74 Å². The van der Waals surface area contributed by atoms with Gasteiger partial charge in [-0.1, -0.05) is 18.2 Å². The van der Waals surface area contributed by atoms with Crippen molar-refractivity contribution in [3.05, 3.63) is 30.3 Å². The van der Waals surface area contributed by atoms with Crippen LogP contribution in [0.1, 0.15) is 26.2 Å². The fourth-order valence-corrected chi connectivity index (χ4v) is 7.21. The third-order valence-electron chi connectivity index (χ3n) is 5.91. The third kappa shape index (κ3) is 5.45. The summed E-state index contributed by atoms with van der Waals surface area (Å²) in [7, 11) is -5.22. The normalized spacial score (nSPS) is 23.2. The Balaban J connectivity index is 1.52. The quantitative estimate of drug-likeness (QED) is 0.558. The van der Waals surface area contributed by atoms with Gasteiger partial charge < -0.3 is 9.64 Å². The molecule has 0 saturated carbocycles. The number of hydrogen-bond donors (Lipinski definition) is 0. The molecule has 0 N–H and O–H groups in total. The summed E-state index contributed by atoms with van der Waals surface area (Å²) >= 11 is 0. The fourth-order valence-electron chi connectivity index (χ4n) is 3.94. The molecule has 172 valence electrons. The van der Waals surface area contributed by atoms with Crippen molar-refractivity contribution in [2.75, 3.05) is 31.6 Å². The number of benzene rings is 1. The highest BCUT2D eigenvalue weighted by Gasteiger charge is 2.37. The van der Waals surface area contributed by atoms with Gasteiger partial charge in [-0.25, -0.2) is 16.8 Å². The van der Waals surface area contributed by atoms with Gasteiger partial charge in [0.2, 0.25) is 10.0 Å². The van der Waals surface area contributed by atoms with Gasteiger partial charge in [-0.15, -0.1) is 0 Å². The molecule has 1 aromatic rings. The number of carbonyl (C=O) groups excluding carboxylic acids is 2. The SMILES string of the molecule is C[C@H](OC(=O)C1CCN(S(=O)(=O)c2ccccc2)CC1)C(=O)N(C)[C@@H]1CCS(=O)(=O)C1. The van der Waals surface area contributed by atoms with E-state index in [2.05, 4.69) is 0 Å². The molecule has 1 aromatic carbocycles. The van der Waals surface area contributed by atoms with Crippen LogP contribution in [0.4, 0.5) is 0 Å². The largest absolute Gasteiger partial charge is 0.452 e. The predicted molar refractivity (Wildman–Crippen MR) is 113 cm³/mol. The Hall–Kier alpha value is -1.98. The number of piperidine rings is 1. The summed E-state index contributed by atoms with van der Waals surface area (Å²) in [5.41, 5.74) is 0. The first kappa shape index (κ1) is 23.7. The van der Waals surface area contributed by atoms with E-state index < -0.39 is 49.8 Å². The van der Waals surface area contributed by atoms with Crippen LogP contribution in [0.15, 0.2) is 35.2 Å². The second kappa shape index (κ2) is 9.25. The van der Waals surface area contributed by atoms with Gasteiger partial charge in [-0.3, -0.25) is 9.59 Å². The lowest BCUT2D eigenvalue weighted by atomic mass is 9.98. The Bertz CT molecular complexity index is 1020. The smallest absolute Gasteiger partial charge is 0.309 e. The summed E-state index contributed by atoms with van der Waals surface area (Å²) in [6.45, 7) is 1.85. The van der Waals surface area contributed by atoms with Crippen LogP contribution in [0.5, 0.6) is 0 Å². The van der Waals surface area contributed by atoms with E-state index >= 15 is 0 Å². The lowest BCUT2D eigenvalue weighted by Gasteiger charge is -2.31. The standard InChI is InChI=1S/C20H28N2O7S2/c1-15(19(23)21(2)17-10-13-30(25,26)14-17)29-20(24)16-8-11-22(12-9-16)31(27,28)18-6-4-3-5-7-18/h3-7,15-17H,8-14H2,1-2H3/t15-,17+/m0/s1. The van der Waals surface area contributed by atoms with E-state index in [1.54, 1.807) is 18.2 Å². The lowest BCUT2D eigenvalue weighted by molar-refractivity contribution is -0.163. The minimum absolute atomic E-state index is 0.0495. The van der Waals surface area contributed by atoms with Crippen molar-refractivity contribution in [1.82, 2.24) is 9.21 Å². The van der Waals surface area contributed by atoms with Gasteiger partial charge in [-0.05, 0) is 38.3 Å². The molecule has 2 saturated heterocycles. The number of rotatable bonds is 6. The van der Waals surface area contributed by atoms with Crippen molar-refractivity contribution in [3.8, 4) is 0 Å². The van der Waals surface area contributed by atoms with Gasteiger partial charge in [0.25, 0.3) is 5.91 Å². The number of sulfone groups is 1. The first-order valence-electron chi connectivity index (χ1n) is 10.2. The van der Waals surface area contributed by atoms with Crippen LogP contribution >= 0.6 is 0 Å². The molecule has 0 radical (unpaired) electrons. The van der Waals surface area contributed by atoms with E-state index in [-0.39, 0.29) is 29.5 Å². The van der Waals surface area contributed by atoms with Crippen LogP contribution in [0, 0.1) is 5.92 Å². The Morgan fingerprint density at radius 1 is 1.13 bits per heavy atom. The number of amides is 1. The van der Waals surface area contributed by atoms with Crippen LogP contribution in [-0.4, -0.2) is 81.7 Å². The molecule has 2 atom stereocenters. The van der Waals surface area contributed by atoms with Crippen LogP contribution in [0.2, 0.25) is 0 Å². The van der Waals surface area contributed by atoms with Crippen molar-refractivity contribution in [2.45, 2.75) is 43.2 Å². The maximum atomic E-state index is 12.7. The molecule has 0 bridgehead atoms. The number of hydrogen-bond acceptors (Lipinski definition) is 7. The van der Waals surface area contributed by atoms with Crippen molar-refractivity contribution in [2.24, 2.45) is 5.92 Å². The molecule has 31 heavy (non-hydrogen) atoms. The summed E-state index contributed by atoms with van der Waals surface area (Å²) in [5, 5.41) is 0. The maximum absolute atomic E-state index is 12.7. The summed E-state index contributed by atoms with van der Waals surface area (Å²) in [4.78, 5) is 26.7. The number of sulfonamides is 1. The molecule has 0 spiro atoms. The molecule has 11 heteroatoms. The minimum Gasteiger partial charge on any atom is -0.452 e. The Morgan fingerprint density at radius 3 is 2.29 bits per heavy atom. The molecule has 2 heterocycles. The first-order chi connectivity index (χ1) is 14.5. The van der Waals surface area contributed by atoms with Crippen molar-refractivity contribution in [1.29, 1.82) is 0 Å². The Morgan fingerprint density at radius 2 is 1.74 bits per heavy atom. The number of ether oxygens (including phenoxy) is 1. The lowest BCUT2D eigenvalue weighted by Crippen LogP contribution is -2.45. The molecular weight excluding hydrogens is 444 g/mol. The first-order valence-corrected chi connectivity index (χ1v) is 13.5. The number of likely N-dealkylation sites (N-methyl/N-ethyl adjacent to an activating group) is 1. The van der Waals surface area contributed by atoms with Gasteiger partial charge in [-0.2, -0.15) is 4.31 Å². The molecule has 3 rings (SSSR count). The predicted octanol–water partition coefficient (Wildman–Crippen LogP) is 0.665. The Labute approximate surface area is 183 Å². The average Bonchev–Trinajstić information content (AvgIpc) is 3.13. The number of esters is 1. The van der Waals surface area contributed by atoms with E-state index in [0.717, 1.165) is 0 Å². The van der Waals surface area contributed by atoms with Crippen molar-refractivity contribution in [3.63, 3.8) is 0 Å². The third-order valence-corrected chi connectivity index (χ3v) is 9.58. The number of carbonyl (C=O) groups is 2. The molecule has 2 aliphatic rings. The van der Waals surface area contributed by atoms with E-state index in [1.165, 1.54) is 35.3 Å². The summed E-state index contributed by atoms with van der Waals surface area (Å²) in [5.74, 6) is -1.50. The van der Waals surface area contributed by atoms with Gasteiger partial charge in [0, 0.05) is 26.2 Å². The molecule has 9 nitrogen and oxygen atoms in total. The average molecular weight is 473 g/mol. The van der Waals surface area contributed by atoms with E-state index in [0.29, 0.717) is 19.3 Å². The van der Waals surface area contributed by atoms with Crippen LogP contribution < -0.4 is 0 Å². The maximum Gasteiger partial charge on any atom is 0.309 e. The molecule has 0 aliphatic carbocycles. The molecule has 0 aromatic heterocycles. The summed E-state index contributed by atoms with van der Waals surface area (Å²) in [6, 6.07) is 7.72. The highest BCUT2D eigenvalue weighted by molar-refractivity contribution is 7.91. The topological polar surface area (TPSA) is 118 Å². The van der Waals surface area contributed by atoms with Gasteiger partial charge in [0.1, 0.15) is 0 Å². The van der Waals surface area contributed by atoms with Gasteiger partial charge in [0.15, 0.2) is 15.9 Å². The number of nitrogens with zero attached hydrogens (tertiary/aromatic N) is 2. The monoisotopic (exact) mass is 472 g/mol. The van der Waals surface area contributed by atoms with Crippen LogP contribution in [-0.2, 0) is 34.2 Å². The van der Waals surface area contributed by atoms with Gasteiger partial charge >= 0.3 is 5.97 Å². The molecular formula is C20H28N2O7S2. The highest BCUT2D eigenvalue weighted by atomic mass is 32.2. The minimum atomic E-state index is -3.61. The molecule has 0 unspecified atom stereocenters. The summed E-state index contributed by atoms with van der Waals surface area (Å²) in [6.07, 6.45) is -0.0446. The molecule has 2 aliphatic heterocycles. The van der Waals surface area contributed by atoms with Crippen LogP contribution in [0.3, 0.4) is 0 Å². The van der Waals surface area contributed by atoms with E-state index in [9.17, 15) is 26.4 Å². The fraction of sp³-hybridized carbons (Fsp3) is 0.600.